The smallest absolute Gasteiger partial charge is 0.108 e. The second kappa shape index (κ2) is 10.6. The predicted octanol–water partition coefficient (Wildman–Crippen LogP) is 4.37. The minimum atomic E-state index is 0.0161. The molecule has 0 aliphatic carbocycles. The highest BCUT2D eigenvalue weighted by Crippen LogP contribution is 2.25. The van der Waals surface area contributed by atoms with Gasteiger partial charge in [0.1, 0.15) is 6.10 Å². The van der Waals surface area contributed by atoms with Crippen molar-refractivity contribution < 1.29 is 4.74 Å². The molecular weight excluding hydrogens is 326 g/mol. The molecule has 0 radical (unpaired) electrons. The lowest BCUT2D eigenvalue weighted by Gasteiger charge is -2.20. The van der Waals surface area contributed by atoms with Crippen molar-refractivity contribution in [3.8, 4) is 0 Å². The normalized spacial score (nSPS) is 10.4. The Balaban J connectivity index is 0.00000106. The van der Waals surface area contributed by atoms with Gasteiger partial charge in [0, 0.05) is 6.54 Å². The summed E-state index contributed by atoms with van der Waals surface area (Å²) < 4.78 is 6.08. The van der Waals surface area contributed by atoms with Gasteiger partial charge in [-0.1, -0.05) is 76.6 Å². The van der Waals surface area contributed by atoms with E-state index in [9.17, 15) is 0 Å². The van der Waals surface area contributed by atoms with Crippen LogP contribution in [-0.4, -0.2) is 38.0 Å². The first-order valence-electron chi connectivity index (χ1n) is 7.01. The minimum absolute atomic E-state index is 0.0161. The van der Waals surface area contributed by atoms with Crippen molar-refractivity contribution in [3.05, 3.63) is 71.8 Å². The van der Waals surface area contributed by atoms with Crippen LogP contribution in [0.5, 0.6) is 0 Å². The minimum Gasteiger partial charge on any atom is -0.367 e. The number of hydrogen-bond acceptors (Lipinski definition) is 2. The molecule has 0 heterocycles. The number of ether oxygens (including phenoxy) is 1. The number of hydrogen-bond donors (Lipinski definition) is 0. The third-order valence-corrected chi connectivity index (χ3v) is 3.03. The molecule has 0 aromatic heterocycles. The molecule has 2 aromatic rings. The summed E-state index contributed by atoms with van der Waals surface area (Å²) >= 11 is 2.94. The fraction of sp³-hybridized carbons (Fsp3) is 0.333. The van der Waals surface area contributed by atoms with Gasteiger partial charge >= 0.3 is 0 Å². The van der Waals surface area contributed by atoms with Crippen LogP contribution in [0.2, 0.25) is 0 Å². The van der Waals surface area contributed by atoms with Crippen LogP contribution < -0.4 is 0 Å². The highest BCUT2D eigenvalue weighted by Gasteiger charge is 2.13. The Kier molecular flexibility index (Phi) is 8.99. The quantitative estimate of drug-likeness (QED) is 0.718. The summed E-state index contributed by atoms with van der Waals surface area (Å²) in [6.07, 6.45) is 0.0161. The number of rotatable bonds is 6. The Hall–Kier alpha value is -1.16. The molecule has 0 saturated carbocycles. The van der Waals surface area contributed by atoms with E-state index in [1.54, 1.807) is 0 Å². The molecule has 2 nitrogen and oxygen atoms in total. The molecule has 0 unspecified atom stereocenters. The fourth-order valence-electron chi connectivity index (χ4n) is 1.99. The van der Waals surface area contributed by atoms with Gasteiger partial charge in [0.25, 0.3) is 0 Å². The fourth-order valence-corrected chi connectivity index (χ4v) is 1.99. The average molecular weight is 350 g/mol. The number of benzene rings is 2. The van der Waals surface area contributed by atoms with Crippen molar-refractivity contribution in [1.29, 1.82) is 0 Å². The van der Waals surface area contributed by atoms with E-state index in [1.807, 2.05) is 18.0 Å². The SMILES string of the molecule is CBr.CN(C)CCOC(c1ccccc1)c1ccccc1. The largest absolute Gasteiger partial charge is 0.367 e. The van der Waals surface area contributed by atoms with E-state index in [0.29, 0.717) is 0 Å². The van der Waals surface area contributed by atoms with Gasteiger partial charge < -0.3 is 9.64 Å². The number of halogens is 1. The molecule has 21 heavy (non-hydrogen) atoms. The summed E-state index contributed by atoms with van der Waals surface area (Å²) in [5.41, 5.74) is 2.40. The lowest BCUT2D eigenvalue weighted by atomic mass is 10.0. The van der Waals surface area contributed by atoms with Gasteiger partial charge in [0.15, 0.2) is 0 Å². The van der Waals surface area contributed by atoms with E-state index in [2.05, 4.69) is 83.5 Å². The lowest BCUT2D eigenvalue weighted by molar-refractivity contribution is 0.0687. The molecule has 0 aliphatic rings. The van der Waals surface area contributed by atoms with Gasteiger partial charge in [-0.05, 0) is 31.1 Å². The van der Waals surface area contributed by atoms with Crippen molar-refractivity contribution in [2.45, 2.75) is 6.10 Å². The van der Waals surface area contributed by atoms with E-state index in [4.69, 9.17) is 4.74 Å². The van der Waals surface area contributed by atoms with Crippen LogP contribution in [0.25, 0.3) is 0 Å². The van der Waals surface area contributed by atoms with Gasteiger partial charge in [-0.3, -0.25) is 0 Å². The van der Waals surface area contributed by atoms with Crippen molar-refractivity contribution in [1.82, 2.24) is 4.90 Å². The Morgan fingerprint density at radius 2 is 1.29 bits per heavy atom. The maximum Gasteiger partial charge on any atom is 0.108 e. The van der Waals surface area contributed by atoms with E-state index in [-0.39, 0.29) is 6.10 Å². The Bertz CT molecular complexity index is 434. The molecule has 0 aliphatic heterocycles. The molecule has 3 heteroatoms. The molecule has 0 N–H and O–H groups in total. The first-order valence-corrected chi connectivity index (χ1v) is 8.60. The predicted molar refractivity (Wildman–Crippen MR) is 94.1 cm³/mol. The number of alkyl halides is 1. The van der Waals surface area contributed by atoms with Crippen LogP contribution in [0.3, 0.4) is 0 Å². The van der Waals surface area contributed by atoms with Crippen LogP contribution in [-0.2, 0) is 4.74 Å². The van der Waals surface area contributed by atoms with Gasteiger partial charge in [0.05, 0.1) is 6.61 Å². The monoisotopic (exact) mass is 349 g/mol. The summed E-state index contributed by atoms with van der Waals surface area (Å²) in [6, 6.07) is 20.8. The molecule has 0 fully saturated rings. The van der Waals surface area contributed by atoms with Crippen LogP contribution in [0.4, 0.5) is 0 Å². The molecule has 0 atom stereocenters. The van der Waals surface area contributed by atoms with Gasteiger partial charge in [-0.15, -0.1) is 0 Å². The third kappa shape index (κ3) is 6.42. The van der Waals surface area contributed by atoms with Crippen LogP contribution in [0, 0.1) is 0 Å². The number of nitrogens with zero attached hydrogens (tertiary/aromatic N) is 1. The van der Waals surface area contributed by atoms with E-state index < -0.39 is 0 Å². The molecule has 0 spiro atoms. The average Bonchev–Trinajstić information content (AvgIpc) is 2.55. The Morgan fingerprint density at radius 1 is 0.857 bits per heavy atom. The van der Waals surface area contributed by atoms with Crippen LogP contribution >= 0.6 is 15.9 Å². The lowest BCUT2D eigenvalue weighted by Crippen LogP contribution is -2.20. The zero-order chi connectivity index (χ0) is 15.5. The second-order valence-electron chi connectivity index (χ2n) is 4.88. The second-order valence-corrected chi connectivity index (χ2v) is 4.88. The van der Waals surface area contributed by atoms with Crippen LogP contribution in [0.15, 0.2) is 60.7 Å². The Labute approximate surface area is 136 Å². The first kappa shape index (κ1) is 17.9. The van der Waals surface area contributed by atoms with Crippen molar-refractivity contribution in [2.75, 3.05) is 33.1 Å². The zero-order valence-electron chi connectivity index (χ0n) is 13.0. The van der Waals surface area contributed by atoms with Gasteiger partial charge in [-0.2, -0.15) is 0 Å². The van der Waals surface area contributed by atoms with Gasteiger partial charge in [-0.25, -0.2) is 0 Å². The molecule has 2 rings (SSSR count). The van der Waals surface area contributed by atoms with E-state index >= 15 is 0 Å². The van der Waals surface area contributed by atoms with Crippen molar-refractivity contribution >= 4 is 15.9 Å². The standard InChI is InChI=1S/C17H21NO.CH3Br/c1-18(2)13-14-19-17(15-9-5-3-6-10-15)16-11-7-4-8-12-16;1-2/h3-12,17H,13-14H2,1-2H3;1H3. The highest BCUT2D eigenvalue weighted by molar-refractivity contribution is 9.08. The van der Waals surface area contributed by atoms with E-state index in [0.717, 1.165) is 13.2 Å². The summed E-state index contributed by atoms with van der Waals surface area (Å²) in [4.78, 5) is 2.13. The van der Waals surface area contributed by atoms with Crippen molar-refractivity contribution in [2.24, 2.45) is 0 Å². The van der Waals surface area contributed by atoms with Crippen LogP contribution in [0.1, 0.15) is 17.2 Å². The molecule has 0 amide bonds. The third-order valence-electron chi connectivity index (χ3n) is 3.03. The molecule has 0 saturated heterocycles. The molecule has 2 aromatic carbocycles. The maximum atomic E-state index is 6.08. The van der Waals surface area contributed by atoms with E-state index in [1.165, 1.54) is 11.1 Å². The Morgan fingerprint density at radius 3 is 1.67 bits per heavy atom. The first-order chi connectivity index (χ1) is 10.3. The molecular formula is C18H24BrNO. The zero-order valence-corrected chi connectivity index (χ0v) is 14.6. The molecule has 114 valence electrons. The number of likely N-dealkylation sites (N-methyl/N-ethyl adjacent to an activating group) is 1. The topological polar surface area (TPSA) is 12.5 Å². The summed E-state index contributed by atoms with van der Waals surface area (Å²) in [5, 5.41) is 0. The van der Waals surface area contributed by atoms with Crippen molar-refractivity contribution in [3.63, 3.8) is 0 Å². The highest BCUT2D eigenvalue weighted by atomic mass is 79.9. The maximum absolute atomic E-state index is 6.08. The summed E-state index contributed by atoms with van der Waals surface area (Å²) in [5.74, 6) is 1.81. The summed E-state index contributed by atoms with van der Waals surface area (Å²) in [7, 11) is 4.12. The van der Waals surface area contributed by atoms with Gasteiger partial charge in [0.2, 0.25) is 0 Å². The molecule has 0 bridgehead atoms. The summed E-state index contributed by atoms with van der Waals surface area (Å²) in [6.45, 7) is 1.65.